The maximum absolute atomic E-state index is 13.5. The molecule has 0 aliphatic carbocycles. The van der Waals surface area contributed by atoms with E-state index >= 15 is 0 Å². The molecule has 0 bridgehead atoms. The van der Waals surface area contributed by atoms with Crippen molar-refractivity contribution in [3.63, 3.8) is 0 Å². The standard InChI is InChI=1S/C11H12Br2ClF/c1-11(6-12,7-13)5-8-2-3-9(14)4-10(8)15/h2-4H,5-7H2,1H3. The normalized spacial score (nSPS) is 11.8. The molecule has 0 amide bonds. The molecule has 0 heterocycles. The SMILES string of the molecule is CC(CBr)(CBr)Cc1ccc(Cl)cc1F. The lowest BCUT2D eigenvalue weighted by Gasteiger charge is -2.24. The average molecular weight is 358 g/mol. The molecule has 84 valence electrons. The van der Waals surface area contributed by atoms with Crippen molar-refractivity contribution >= 4 is 43.5 Å². The van der Waals surface area contributed by atoms with E-state index in [0.29, 0.717) is 17.0 Å². The number of hydrogen-bond donors (Lipinski definition) is 0. The summed E-state index contributed by atoms with van der Waals surface area (Å²) in [5, 5.41) is 2.09. The van der Waals surface area contributed by atoms with Crippen LogP contribution in [-0.2, 0) is 6.42 Å². The van der Waals surface area contributed by atoms with E-state index in [9.17, 15) is 4.39 Å². The molecule has 0 radical (unpaired) electrons. The molecule has 1 aromatic carbocycles. The Morgan fingerprint density at radius 2 is 1.93 bits per heavy atom. The van der Waals surface area contributed by atoms with Crippen molar-refractivity contribution in [3.05, 3.63) is 34.6 Å². The first-order valence-corrected chi connectivity index (χ1v) is 7.19. The van der Waals surface area contributed by atoms with Gasteiger partial charge in [-0.15, -0.1) is 0 Å². The third-order valence-electron chi connectivity index (χ3n) is 2.28. The van der Waals surface area contributed by atoms with Crippen molar-refractivity contribution in [1.29, 1.82) is 0 Å². The molecule has 0 saturated heterocycles. The van der Waals surface area contributed by atoms with Crippen LogP contribution in [0.15, 0.2) is 18.2 Å². The van der Waals surface area contributed by atoms with Gasteiger partial charge >= 0.3 is 0 Å². The lowest BCUT2D eigenvalue weighted by molar-refractivity contribution is 0.427. The maximum atomic E-state index is 13.5. The highest BCUT2D eigenvalue weighted by Gasteiger charge is 2.23. The Bertz CT molecular complexity index is 337. The topological polar surface area (TPSA) is 0 Å². The van der Waals surface area contributed by atoms with Crippen molar-refractivity contribution in [1.82, 2.24) is 0 Å². The van der Waals surface area contributed by atoms with Gasteiger partial charge in [-0.1, -0.05) is 56.5 Å². The molecule has 1 rings (SSSR count). The molecule has 0 aliphatic rings. The molecular weight excluding hydrogens is 346 g/mol. The van der Waals surface area contributed by atoms with Gasteiger partial charge in [-0.05, 0) is 29.5 Å². The molecule has 0 saturated carbocycles. The van der Waals surface area contributed by atoms with Gasteiger partial charge in [-0.2, -0.15) is 0 Å². The largest absolute Gasteiger partial charge is 0.207 e. The molecule has 0 aromatic heterocycles. The molecule has 15 heavy (non-hydrogen) atoms. The van der Waals surface area contributed by atoms with Gasteiger partial charge in [0.25, 0.3) is 0 Å². The summed E-state index contributed by atoms with van der Waals surface area (Å²) in [7, 11) is 0. The first-order valence-electron chi connectivity index (χ1n) is 4.56. The van der Waals surface area contributed by atoms with Crippen LogP contribution in [0, 0.1) is 11.2 Å². The number of benzene rings is 1. The molecule has 0 atom stereocenters. The second-order valence-corrected chi connectivity index (χ2v) is 5.55. The van der Waals surface area contributed by atoms with Gasteiger partial charge in [0, 0.05) is 15.7 Å². The third-order valence-corrected chi connectivity index (χ3v) is 5.22. The zero-order valence-electron chi connectivity index (χ0n) is 8.37. The summed E-state index contributed by atoms with van der Waals surface area (Å²) in [5.74, 6) is -0.226. The van der Waals surface area contributed by atoms with E-state index in [-0.39, 0.29) is 11.2 Å². The average Bonchev–Trinajstić information content (AvgIpc) is 2.22. The summed E-state index contributed by atoms with van der Waals surface area (Å²) < 4.78 is 13.5. The quantitative estimate of drug-likeness (QED) is 0.677. The summed E-state index contributed by atoms with van der Waals surface area (Å²) in [4.78, 5) is 0. The van der Waals surface area contributed by atoms with Gasteiger partial charge < -0.3 is 0 Å². The van der Waals surface area contributed by atoms with Crippen LogP contribution < -0.4 is 0 Å². The number of halogens is 4. The molecule has 1 aromatic rings. The Morgan fingerprint density at radius 3 is 2.40 bits per heavy atom. The Labute approximate surface area is 111 Å². The summed E-state index contributed by atoms with van der Waals surface area (Å²) in [5.41, 5.74) is 0.732. The molecule has 0 unspecified atom stereocenters. The fraction of sp³-hybridized carbons (Fsp3) is 0.455. The Morgan fingerprint density at radius 1 is 1.33 bits per heavy atom. The first kappa shape index (κ1) is 13.5. The van der Waals surface area contributed by atoms with Crippen molar-refractivity contribution in [2.75, 3.05) is 10.7 Å². The van der Waals surface area contributed by atoms with Crippen LogP contribution in [0.4, 0.5) is 4.39 Å². The van der Waals surface area contributed by atoms with Crippen LogP contribution in [-0.4, -0.2) is 10.7 Å². The van der Waals surface area contributed by atoms with Crippen LogP contribution in [0.2, 0.25) is 5.02 Å². The van der Waals surface area contributed by atoms with E-state index in [1.54, 1.807) is 12.1 Å². The summed E-state index contributed by atoms with van der Waals surface area (Å²) >= 11 is 12.6. The van der Waals surface area contributed by atoms with Gasteiger partial charge in [0.1, 0.15) is 5.82 Å². The lowest BCUT2D eigenvalue weighted by Crippen LogP contribution is -2.23. The van der Waals surface area contributed by atoms with Crippen LogP contribution in [0.3, 0.4) is 0 Å². The Kier molecular flexibility index (Phi) is 5.07. The number of rotatable bonds is 4. The van der Waals surface area contributed by atoms with E-state index in [1.165, 1.54) is 6.07 Å². The smallest absolute Gasteiger partial charge is 0.127 e. The van der Waals surface area contributed by atoms with Gasteiger partial charge in [0.15, 0.2) is 0 Å². The fourth-order valence-electron chi connectivity index (χ4n) is 1.26. The van der Waals surface area contributed by atoms with E-state index < -0.39 is 0 Å². The van der Waals surface area contributed by atoms with Gasteiger partial charge in [-0.25, -0.2) is 4.39 Å². The van der Waals surface area contributed by atoms with Crippen molar-refractivity contribution < 1.29 is 4.39 Å². The van der Waals surface area contributed by atoms with Gasteiger partial charge in [0.2, 0.25) is 0 Å². The molecule has 0 fully saturated rings. The Balaban J connectivity index is 2.89. The molecule has 0 spiro atoms. The highest BCUT2D eigenvalue weighted by Crippen LogP contribution is 2.29. The monoisotopic (exact) mass is 356 g/mol. The number of hydrogen-bond acceptors (Lipinski definition) is 0. The molecule has 0 aliphatic heterocycles. The predicted octanol–water partition coefficient (Wildman–Crippen LogP) is 4.82. The molecule has 0 N–H and O–H groups in total. The van der Waals surface area contributed by atoms with E-state index in [1.807, 2.05) is 0 Å². The first-order chi connectivity index (χ1) is 7.00. The minimum absolute atomic E-state index is 0.0225. The van der Waals surface area contributed by atoms with Gasteiger partial charge in [-0.3, -0.25) is 0 Å². The van der Waals surface area contributed by atoms with Crippen molar-refractivity contribution in [2.24, 2.45) is 5.41 Å². The Hall–Kier alpha value is 0.400. The van der Waals surface area contributed by atoms with Crippen molar-refractivity contribution in [3.8, 4) is 0 Å². The number of alkyl halides is 2. The summed E-state index contributed by atoms with van der Waals surface area (Å²) in [6, 6.07) is 4.84. The highest BCUT2D eigenvalue weighted by atomic mass is 79.9. The minimum atomic E-state index is -0.226. The van der Waals surface area contributed by atoms with E-state index in [4.69, 9.17) is 11.6 Å². The van der Waals surface area contributed by atoms with E-state index in [2.05, 4.69) is 38.8 Å². The molecule has 4 heteroatoms. The maximum Gasteiger partial charge on any atom is 0.127 e. The van der Waals surface area contributed by atoms with Crippen molar-refractivity contribution in [2.45, 2.75) is 13.3 Å². The van der Waals surface area contributed by atoms with E-state index in [0.717, 1.165) is 10.7 Å². The predicted molar refractivity (Wildman–Crippen MR) is 70.8 cm³/mol. The van der Waals surface area contributed by atoms with Gasteiger partial charge in [0.05, 0.1) is 0 Å². The second-order valence-electron chi connectivity index (χ2n) is 3.99. The molecular formula is C11H12Br2ClF. The molecule has 0 nitrogen and oxygen atoms in total. The van der Waals surface area contributed by atoms with Crippen LogP contribution >= 0.6 is 43.5 Å². The zero-order chi connectivity index (χ0) is 11.5. The summed E-state index contributed by atoms with van der Waals surface area (Å²) in [6.07, 6.45) is 0.687. The second kappa shape index (κ2) is 5.65. The fourth-order valence-corrected chi connectivity index (χ4v) is 2.74. The minimum Gasteiger partial charge on any atom is -0.207 e. The van der Waals surface area contributed by atoms with Crippen LogP contribution in [0.5, 0.6) is 0 Å². The highest BCUT2D eigenvalue weighted by molar-refractivity contribution is 9.09. The van der Waals surface area contributed by atoms with Crippen LogP contribution in [0.25, 0.3) is 0 Å². The lowest BCUT2D eigenvalue weighted by atomic mass is 9.88. The van der Waals surface area contributed by atoms with Crippen LogP contribution in [0.1, 0.15) is 12.5 Å². The summed E-state index contributed by atoms with van der Waals surface area (Å²) in [6.45, 7) is 2.10. The third kappa shape index (κ3) is 3.72. The zero-order valence-corrected chi connectivity index (χ0v) is 12.3.